The van der Waals surface area contributed by atoms with Gasteiger partial charge in [-0.05, 0) is 23.6 Å². The summed E-state index contributed by atoms with van der Waals surface area (Å²) in [5, 5.41) is 4.42. The summed E-state index contributed by atoms with van der Waals surface area (Å²) in [4.78, 5) is 3.80. The Morgan fingerprint density at radius 2 is 1.89 bits per heavy atom. The first kappa shape index (κ1) is 12.7. The second-order valence-corrected chi connectivity index (χ2v) is 5.71. The number of hydrogen-bond donors (Lipinski definition) is 1. The van der Waals surface area contributed by atoms with E-state index in [4.69, 9.17) is 4.74 Å². The van der Waals surface area contributed by atoms with E-state index in [1.165, 1.54) is 16.3 Å². The minimum Gasteiger partial charge on any atom is -0.378 e. The molecule has 1 aliphatic heterocycles. The Morgan fingerprint density at radius 3 is 2.58 bits per heavy atom. The molecule has 0 bridgehead atoms. The first-order chi connectivity index (χ1) is 9.42. The van der Waals surface area contributed by atoms with Crippen LogP contribution in [0.4, 0.5) is 11.4 Å². The number of morpholine rings is 1. The highest BCUT2D eigenvalue weighted by Crippen LogP contribution is 2.17. The molecule has 3 nitrogen and oxygen atoms in total. The fraction of sp³-hybridized carbons (Fsp3) is 0.333. The highest BCUT2D eigenvalue weighted by Gasteiger charge is 2.11. The Kier molecular flexibility index (Phi) is 4.13. The molecule has 100 valence electrons. The summed E-state index contributed by atoms with van der Waals surface area (Å²) < 4.78 is 5.38. The molecule has 3 rings (SSSR count). The van der Waals surface area contributed by atoms with E-state index >= 15 is 0 Å². The van der Waals surface area contributed by atoms with Crippen molar-refractivity contribution in [3.63, 3.8) is 0 Å². The van der Waals surface area contributed by atoms with Crippen molar-refractivity contribution >= 4 is 22.7 Å². The quantitative estimate of drug-likeness (QED) is 0.865. The maximum atomic E-state index is 5.38. The van der Waals surface area contributed by atoms with Crippen LogP contribution in [0.5, 0.6) is 0 Å². The molecule has 2 heterocycles. The van der Waals surface area contributed by atoms with Crippen LogP contribution in [0.15, 0.2) is 41.8 Å². The monoisotopic (exact) mass is 275 g/mol. The molecule has 0 radical (unpaired) electrons. The van der Waals surface area contributed by atoms with Gasteiger partial charge >= 0.3 is 0 Å². The summed E-state index contributed by atoms with van der Waals surface area (Å²) in [5.74, 6) is 0. The number of rotatable bonds is 4. The SMILES string of the molecule is c1csc(C[NH2+]c2ccc(N3CCOCC3)cc2)c1. The number of thiophene rings is 1. The van der Waals surface area contributed by atoms with Crippen LogP contribution in [-0.2, 0) is 11.3 Å². The van der Waals surface area contributed by atoms with Gasteiger partial charge in [-0.3, -0.25) is 0 Å². The zero-order valence-corrected chi connectivity index (χ0v) is 11.7. The van der Waals surface area contributed by atoms with Gasteiger partial charge in [-0.2, -0.15) is 0 Å². The minimum absolute atomic E-state index is 0.840. The van der Waals surface area contributed by atoms with Gasteiger partial charge in [0.25, 0.3) is 0 Å². The Balaban J connectivity index is 1.58. The Morgan fingerprint density at radius 1 is 1.11 bits per heavy atom. The summed E-state index contributed by atoms with van der Waals surface area (Å²) in [6.07, 6.45) is 0. The lowest BCUT2D eigenvalue weighted by atomic mass is 10.2. The van der Waals surface area contributed by atoms with Crippen LogP contribution in [-0.4, -0.2) is 26.3 Å². The maximum absolute atomic E-state index is 5.38. The third kappa shape index (κ3) is 3.35. The van der Waals surface area contributed by atoms with Gasteiger partial charge in [-0.15, -0.1) is 11.3 Å². The van der Waals surface area contributed by atoms with Crippen LogP contribution in [0, 0.1) is 0 Å². The fourth-order valence-corrected chi connectivity index (χ4v) is 2.96. The lowest BCUT2D eigenvalue weighted by Gasteiger charge is -2.28. The molecular formula is C15H19N2OS+. The average Bonchev–Trinajstić information content (AvgIpc) is 3.00. The van der Waals surface area contributed by atoms with E-state index in [9.17, 15) is 0 Å². The first-order valence-electron chi connectivity index (χ1n) is 6.70. The van der Waals surface area contributed by atoms with Crippen molar-refractivity contribution in [2.24, 2.45) is 0 Å². The molecule has 2 N–H and O–H groups in total. The van der Waals surface area contributed by atoms with Crippen LogP contribution < -0.4 is 10.2 Å². The van der Waals surface area contributed by atoms with Gasteiger partial charge in [0.1, 0.15) is 12.2 Å². The summed E-state index contributed by atoms with van der Waals surface area (Å²) in [6.45, 7) is 4.70. The second-order valence-electron chi connectivity index (χ2n) is 4.68. The molecule has 0 spiro atoms. The maximum Gasteiger partial charge on any atom is 0.129 e. The predicted octanol–water partition coefficient (Wildman–Crippen LogP) is 1.98. The lowest BCUT2D eigenvalue weighted by molar-refractivity contribution is -0.588. The zero-order valence-electron chi connectivity index (χ0n) is 10.9. The number of hydrogen-bond acceptors (Lipinski definition) is 3. The molecule has 2 aromatic rings. The fourth-order valence-electron chi connectivity index (χ4n) is 2.29. The minimum atomic E-state index is 0.840. The van der Waals surface area contributed by atoms with Crippen molar-refractivity contribution < 1.29 is 10.1 Å². The van der Waals surface area contributed by atoms with Crippen LogP contribution in [0.2, 0.25) is 0 Å². The summed E-state index contributed by atoms with van der Waals surface area (Å²) in [6, 6.07) is 13.1. The van der Waals surface area contributed by atoms with Gasteiger partial charge in [0, 0.05) is 30.9 Å². The van der Waals surface area contributed by atoms with Crippen molar-refractivity contribution in [2.45, 2.75) is 6.54 Å². The van der Waals surface area contributed by atoms with E-state index < -0.39 is 0 Å². The molecule has 0 amide bonds. The molecular weight excluding hydrogens is 256 g/mol. The van der Waals surface area contributed by atoms with Crippen molar-refractivity contribution in [3.05, 3.63) is 46.7 Å². The number of nitrogens with two attached hydrogens (primary N) is 1. The van der Waals surface area contributed by atoms with Crippen LogP contribution in [0.25, 0.3) is 0 Å². The van der Waals surface area contributed by atoms with Crippen molar-refractivity contribution in [3.8, 4) is 0 Å². The molecule has 1 aromatic carbocycles. The van der Waals surface area contributed by atoms with Crippen molar-refractivity contribution in [2.75, 3.05) is 31.2 Å². The van der Waals surface area contributed by atoms with E-state index in [1.54, 1.807) is 0 Å². The largest absolute Gasteiger partial charge is 0.378 e. The van der Waals surface area contributed by atoms with Gasteiger partial charge < -0.3 is 15.0 Å². The highest BCUT2D eigenvalue weighted by atomic mass is 32.1. The Bertz CT molecular complexity index is 489. The standard InChI is InChI=1S/C15H18N2OS/c1-2-15(19-11-1)12-16-13-3-5-14(6-4-13)17-7-9-18-10-8-17/h1-6,11,16H,7-10,12H2/p+1. The van der Waals surface area contributed by atoms with Crippen molar-refractivity contribution in [1.82, 2.24) is 0 Å². The van der Waals surface area contributed by atoms with E-state index in [0.29, 0.717) is 0 Å². The molecule has 19 heavy (non-hydrogen) atoms. The number of quaternary nitrogens is 1. The molecule has 0 unspecified atom stereocenters. The summed E-state index contributed by atoms with van der Waals surface area (Å²) >= 11 is 1.81. The van der Waals surface area contributed by atoms with Gasteiger partial charge in [0.2, 0.25) is 0 Å². The number of nitrogens with zero attached hydrogens (tertiary/aromatic N) is 1. The molecule has 0 aliphatic carbocycles. The smallest absolute Gasteiger partial charge is 0.129 e. The third-order valence-electron chi connectivity index (χ3n) is 3.39. The first-order valence-corrected chi connectivity index (χ1v) is 7.58. The highest BCUT2D eigenvalue weighted by molar-refractivity contribution is 7.09. The topological polar surface area (TPSA) is 29.1 Å². The third-order valence-corrected chi connectivity index (χ3v) is 4.29. The zero-order chi connectivity index (χ0) is 12.9. The van der Waals surface area contributed by atoms with E-state index in [-0.39, 0.29) is 0 Å². The molecule has 1 aromatic heterocycles. The van der Waals surface area contributed by atoms with Crippen LogP contribution in [0.3, 0.4) is 0 Å². The molecule has 1 fully saturated rings. The Hall–Kier alpha value is -1.36. The van der Waals surface area contributed by atoms with E-state index in [1.807, 2.05) is 11.3 Å². The molecule has 1 saturated heterocycles. The van der Waals surface area contributed by atoms with E-state index in [0.717, 1.165) is 32.8 Å². The second kappa shape index (κ2) is 6.19. The number of anilines is 1. The van der Waals surface area contributed by atoms with Crippen LogP contribution in [0.1, 0.15) is 4.88 Å². The Labute approximate surface area is 117 Å². The summed E-state index contributed by atoms with van der Waals surface area (Å²) in [7, 11) is 0. The number of benzene rings is 1. The predicted molar refractivity (Wildman–Crippen MR) is 79.1 cm³/mol. The molecule has 1 aliphatic rings. The van der Waals surface area contributed by atoms with E-state index in [2.05, 4.69) is 52.0 Å². The average molecular weight is 275 g/mol. The van der Waals surface area contributed by atoms with Crippen LogP contribution >= 0.6 is 11.3 Å². The van der Waals surface area contributed by atoms with Gasteiger partial charge in [0.15, 0.2) is 0 Å². The van der Waals surface area contributed by atoms with Gasteiger partial charge in [-0.25, -0.2) is 0 Å². The van der Waals surface area contributed by atoms with Gasteiger partial charge in [0.05, 0.1) is 18.1 Å². The van der Waals surface area contributed by atoms with Crippen molar-refractivity contribution in [1.29, 1.82) is 0 Å². The molecule has 0 saturated carbocycles. The normalized spacial score (nSPS) is 15.7. The lowest BCUT2D eigenvalue weighted by Crippen LogP contribution is -2.75. The molecule has 0 atom stereocenters. The number of ether oxygens (including phenoxy) is 1. The molecule has 4 heteroatoms. The summed E-state index contributed by atoms with van der Waals surface area (Å²) in [5.41, 5.74) is 2.60. The van der Waals surface area contributed by atoms with Gasteiger partial charge in [-0.1, -0.05) is 6.07 Å².